The van der Waals surface area contributed by atoms with E-state index in [1.54, 1.807) is 29.6 Å². The number of aromatic nitrogens is 2. The van der Waals surface area contributed by atoms with E-state index in [-0.39, 0.29) is 29.5 Å². The molecule has 2 N–H and O–H groups in total. The molecule has 0 unspecified atom stereocenters. The molecule has 7 nitrogen and oxygen atoms in total. The number of hydrogen-bond donors (Lipinski definition) is 2. The van der Waals surface area contributed by atoms with Crippen LogP contribution in [0.5, 0.6) is 5.75 Å². The highest BCUT2D eigenvalue weighted by molar-refractivity contribution is 5.94. The molecule has 2 aliphatic rings. The van der Waals surface area contributed by atoms with Crippen molar-refractivity contribution in [1.82, 2.24) is 14.9 Å². The van der Waals surface area contributed by atoms with Gasteiger partial charge in [0, 0.05) is 31.0 Å². The maximum atomic E-state index is 12.9. The number of fused-ring (bicyclic) bond motifs is 1. The lowest BCUT2D eigenvalue weighted by molar-refractivity contribution is -0.0499. The van der Waals surface area contributed by atoms with Crippen LogP contribution in [0, 0.1) is 11.8 Å². The largest absolute Gasteiger partial charge is 0.435 e. The summed E-state index contributed by atoms with van der Waals surface area (Å²) in [5.74, 6) is 0.807. The number of carbonyl (C=O) groups excluding carboxylic acids is 1. The number of benzene rings is 1. The average Bonchev–Trinajstić information content (AvgIpc) is 3.11. The quantitative estimate of drug-likeness (QED) is 0.796. The zero-order chi connectivity index (χ0) is 20.4. The van der Waals surface area contributed by atoms with Gasteiger partial charge in [-0.05, 0) is 42.9 Å². The number of halogens is 2. The van der Waals surface area contributed by atoms with E-state index in [1.165, 1.54) is 18.2 Å². The topological polar surface area (TPSA) is 87.6 Å². The van der Waals surface area contributed by atoms with Gasteiger partial charge < -0.3 is 20.1 Å². The molecular weight excluding hydrogens is 382 g/mol. The first-order valence-electron chi connectivity index (χ1n) is 9.54. The summed E-state index contributed by atoms with van der Waals surface area (Å²) in [6.45, 7) is -1.83. The molecule has 1 aliphatic carbocycles. The van der Waals surface area contributed by atoms with E-state index >= 15 is 0 Å². The highest BCUT2D eigenvalue weighted by Crippen LogP contribution is 2.38. The normalized spacial score (nSPS) is 26.3. The van der Waals surface area contributed by atoms with Crippen molar-refractivity contribution in [2.75, 3.05) is 18.4 Å². The summed E-state index contributed by atoms with van der Waals surface area (Å²) >= 11 is 0. The van der Waals surface area contributed by atoms with Crippen LogP contribution in [0.2, 0.25) is 0 Å². The van der Waals surface area contributed by atoms with Crippen LogP contribution < -0.4 is 10.1 Å². The van der Waals surface area contributed by atoms with E-state index in [1.807, 2.05) is 0 Å². The van der Waals surface area contributed by atoms with Crippen molar-refractivity contribution >= 4 is 11.7 Å². The van der Waals surface area contributed by atoms with Gasteiger partial charge in [0.15, 0.2) is 0 Å². The highest BCUT2D eigenvalue weighted by Gasteiger charge is 2.43. The van der Waals surface area contributed by atoms with Crippen molar-refractivity contribution in [3.63, 3.8) is 0 Å². The van der Waals surface area contributed by atoms with Gasteiger partial charge in [-0.3, -0.25) is 9.78 Å². The maximum Gasteiger partial charge on any atom is 0.387 e. The zero-order valence-corrected chi connectivity index (χ0v) is 15.6. The zero-order valence-electron chi connectivity index (χ0n) is 15.6. The molecule has 1 aromatic heterocycles. The molecule has 0 radical (unpaired) electrons. The fourth-order valence-corrected chi connectivity index (χ4v) is 4.30. The number of amides is 1. The van der Waals surface area contributed by atoms with E-state index in [0.29, 0.717) is 37.3 Å². The summed E-state index contributed by atoms with van der Waals surface area (Å²) in [5.41, 5.74) is 0.316. The average molecular weight is 404 g/mol. The Morgan fingerprint density at radius 1 is 1.24 bits per heavy atom. The fourth-order valence-electron chi connectivity index (χ4n) is 4.30. The second-order valence-electron chi connectivity index (χ2n) is 7.52. The Bertz CT molecular complexity index is 855. The predicted octanol–water partition coefficient (Wildman–Crippen LogP) is 2.40. The molecule has 2 aromatic rings. The number of hydrogen-bond acceptors (Lipinski definition) is 6. The number of nitrogens with one attached hydrogen (secondary N) is 1. The van der Waals surface area contributed by atoms with E-state index in [0.717, 1.165) is 0 Å². The number of rotatable bonds is 5. The molecule has 0 spiro atoms. The summed E-state index contributed by atoms with van der Waals surface area (Å²) < 4.78 is 29.2. The Kier molecular flexibility index (Phi) is 5.57. The number of likely N-dealkylation sites (tertiary alicyclic amines) is 1. The van der Waals surface area contributed by atoms with Crippen molar-refractivity contribution in [2.45, 2.75) is 31.6 Å². The molecule has 4 rings (SSSR count). The molecule has 2 heterocycles. The molecule has 4 atom stereocenters. The van der Waals surface area contributed by atoms with Crippen molar-refractivity contribution in [1.29, 1.82) is 0 Å². The number of aliphatic hydroxyl groups is 1. The third kappa shape index (κ3) is 4.45. The summed E-state index contributed by atoms with van der Waals surface area (Å²) in [4.78, 5) is 22.8. The smallest absolute Gasteiger partial charge is 0.387 e. The molecule has 1 aromatic carbocycles. The SMILES string of the molecule is O=C(c1cccc(OC(F)F)c1)N1C[C@H]2C[C@@H](Nc3cnccn3)[C@H](O)C[C@H]2C1. The number of alkyl halides is 2. The van der Waals surface area contributed by atoms with Crippen molar-refractivity contribution < 1.29 is 23.4 Å². The van der Waals surface area contributed by atoms with Gasteiger partial charge in [-0.2, -0.15) is 8.78 Å². The van der Waals surface area contributed by atoms with Gasteiger partial charge in [0.2, 0.25) is 0 Å². The first-order valence-corrected chi connectivity index (χ1v) is 9.54. The standard InChI is InChI=1S/C20H22F2N4O3/c21-20(22)29-15-3-1-2-12(6-15)19(28)26-10-13-7-16(17(27)8-14(13)11-26)25-18-9-23-4-5-24-18/h1-6,9,13-14,16-17,20,27H,7-8,10-11H2,(H,24,25)/t13-,14+,16-,17-/m1/s1. The fraction of sp³-hybridized carbons (Fsp3) is 0.450. The highest BCUT2D eigenvalue weighted by atomic mass is 19.3. The maximum absolute atomic E-state index is 12.9. The minimum absolute atomic E-state index is 0.0360. The molecule has 0 bridgehead atoms. The van der Waals surface area contributed by atoms with Crippen LogP contribution in [0.25, 0.3) is 0 Å². The molecule has 154 valence electrons. The molecule has 1 amide bonds. The lowest BCUT2D eigenvalue weighted by atomic mass is 9.77. The van der Waals surface area contributed by atoms with Gasteiger partial charge in [-0.25, -0.2) is 4.98 Å². The molecule has 9 heteroatoms. The van der Waals surface area contributed by atoms with Crippen molar-refractivity contribution in [3.8, 4) is 5.75 Å². The van der Waals surface area contributed by atoms with E-state index in [9.17, 15) is 18.7 Å². The minimum Gasteiger partial charge on any atom is -0.435 e. The summed E-state index contributed by atoms with van der Waals surface area (Å²) in [6, 6.07) is 5.69. The Morgan fingerprint density at radius 2 is 2.03 bits per heavy atom. The second kappa shape index (κ2) is 8.28. The Hall–Kier alpha value is -2.81. The third-order valence-corrected chi connectivity index (χ3v) is 5.63. The van der Waals surface area contributed by atoms with Crippen LogP contribution in [0.1, 0.15) is 23.2 Å². The van der Waals surface area contributed by atoms with Crippen LogP contribution in [0.4, 0.5) is 14.6 Å². The summed E-state index contributed by atoms with van der Waals surface area (Å²) in [6.07, 6.45) is 5.53. The Balaban J connectivity index is 1.41. The number of nitrogens with zero attached hydrogens (tertiary/aromatic N) is 3. The Labute approximate surface area is 166 Å². The van der Waals surface area contributed by atoms with Gasteiger partial charge >= 0.3 is 6.61 Å². The van der Waals surface area contributed by atoms with E-state index in [2.05, 4.69) is 20.0 Å². The predicted molar refractivity (Wildman–Crippen MR) is 101 cm³/mol. The van der Waals surface area contributed by atoms with Crippen LogP contribution in [-0.4, -0.2) is 57.7 Å². The van der Waals surface area contributed by atoms with Crippen molar-refractivity contribution in [3.05, 3.63) is 48.4 Å². The molecule has 1 saturated carbocycles. The third-order valence-electron chi connectivity index (χ3n) is 5.63. The van der Waals surface area contributed by atoms with E-state index < -0.39 is 12.7 Å². The summed E-state index contributed by atoms with van der Waals surface area (Å²) in [5, 5.41) is 13.8. The lowest BCUT2D eigenvalue weighted by Gasteiger charge is -2.35. The second-order valence-corrected chi connectivity index (χ2v) is 7.52. The molecule has 2 fully saturated rings. The summed E-state index contributed by atoms with van der Waals surface area (Å²) in [7, 11) is 0. The van der Waals surface area contributed by atoms with Crippen LogP contribution in [0.15, 0.2) is 42.9 Å². The minimum atomic E-state index is -2.93. The van der Waals surface area contributed by atoms with E-state index in [4.69, 9.17) is 0 Å². The van der Waals surface area contributed by atoms with Crippen molar-refractivity contribution in [2.24, 2.45) is 11.8 Å². The number of anilines is 1. The van der Waals surface area contributed by atoms with Gasteiger partial charge in [-0.1, -0.05) is 6.07 Å². The number of carbonyl (C=O) groups is 1. The molecule has 29 heavy (non-hydrogen) atoms. The Morgan fingerprint density at radius 3 is 2.76 bits per heavy atom. The molecule has 1 saturated heterocycles. The van der Waals surface area contributed by atoms with Gasteiger partial charge in [-0.15, -0.1) is 0 Å². The molecule has 1 aliphatic heterocycles. The number of ether oxygens (including phenoxy) is 1. The van der Waals surface area contributed by atoms with Crippen LogP contribution >= 0.6 is 0 Å². The molecular formula is C20H22F2N4O3. The van der Waals surface area contributed by atoms with Gasteiger partial charge in [0.05, 0.1) is 18.3 Å². The first-order chi connectivity index (χ1) is 14.0. The van der Waals surface area contributed by atoms with Crippen LogP contribution in [0.3, 0.4) is 0 Å². The first kappa shape index (κ1) is 19.5. The lowest BCUT2D eigenvalue weighted by Crippen LogP contribution is -2.43. The van der Waals surface area contributed by atoms with Gasteiger partial charge in [0.25, 0.3) is 5.91 Å². The monoisotopic (exact) mass is 404 g/mol. The number of aliphatic hydroxyl groups excluding tert-OH is 1. The van der Waals surface area contributed by atoms with Gasteiger partial charge in [0.1, 0.15) is 11.6 Å². The van der Waals surface area contributed by atoms with Crippen LogP contribution in [-0.2, 0) is 0 Å².